The van der Waals surface area contributed by atoms with Gasteiger partial charge in [0.1, 0.15) is 11.5 Å². The van der Waals surface area contributed by atoms with Crippen LogP contribution in [0.1, 0.15) is 42.0 Å². The molecule has 32 heavy (non-hydrogen) atoms. The lowest BCUT2D eigenvalue weighted by Gasteiger charge is -2.12. The maximum atomic E-state index is 5.50. The topological polar surface area (TPSA) is 64.4 Å². The zero-order valence-electron chi connectivity index (χ0n) is 19.0. The van der Waals surface area contributed by atoms with Gasteiger partial charge in [-0.1, -0.05) is 38.1 Å². The van der Waals surface area contributed by atoms with Crippen molar-refractivity contribution in [2.45, 2.75) is 19.8 Å². The molecule has 3 aromatic rings. The standard InChI is InChI=1S/C26H27N3O3/c1-16(2)17-6-8-18(9-7-17)26-27-22-12-11-20(30-3)15-21(22)25(28-29-26)19-10-13-23(31-4)24(14-19)32-5/h6-16H,1-5H3,(H,27,29). The Kier molecular flexibility index (Phi) is 6.12. The number of amidine groups is 1. The Hall–Kier alpha value is -3.80. The smallest absolute Gasteiger partial charge is 0.161 e. The third-order valence-electron chi connectivity index (χ3n) is 5.47. The van der Waals surface area contributed by atoms with Gasteiger partial charge in [0.05, 0.1) is 27.0 Å². The SMILES string of the molecule is COc1ccc2c(c1)C(c1ccc(OC)c(OC)c1)=NNC(c1ccc(C(C)C)cc1)=N2. The number of nitrogens with zero attached hydrogens (tertiary/aromatic N) is 2. The summed E-state index contributed by atoms with van der Waals surface area (Å²) in [6.45, 7) is 4.36. The van der Waals surface area contributed by atoms with Gasteiger partial charge in [-0.05, 0) is 47.9 Å². The van der Waals surface area contributed by atoms with Crippen molar-refractivity contribution in [3.8, 4) is 17.2 Å². The number of ether oxygens (including phenoxy) is 3. The van der Waals surface area contributed by atoms with Crippen LogP contribution >= 0.6 is 0 Å². The Morgan fingerprint density at radius 1 is 0.750 bits per heavy atom. The van der Waals surface area contributed by atoms with Gasteiger partial charge in [0.15, 0.2) is 17.3 Å². The molecule has 6 heteroatoms. The van der Waals surface area contributed by atoms with Crippen molar-refractivity contribution in [2.24, 2.45) is 10.1 Å². The van der Waals surface area contributed by atoms with Gasteiger partial charge >= 0.3 is 0 Å². The lowest BCUT2D eigenvalue weighted by Crippen LogP contribution is -2.19. The van der Waals surface area contributed by atoms with Crippen molar-refractivity contribution in [3.05, 3.63) is 82.9 Å². The molecule has 4 rings (SSSR count). The second kappa shape index (κ2) is 9.14. The highest BCUT2D eigenvalue weighted by Gasteiger charge is 2.20. The van der Waals surface area contributed by atoms with Gasteiger partial charge in [0.2, 0.25) is 0 Å². The van der Waals surface area contributed by atoms with Crippen LogP contribution in [-0.2, 0) is 0 Å². The quantitative estimate of drug-likeness (QED) is 0.580. The molecule has 0 spiro atoms. The molecular weight excluding hydrogens is 402 g/mol. The van der Waals surface area contributed by atoms with Crippen molar-refractivity contribution in [3.63, 3.8) is 0 Å². The largest absolute Gasteiger partial charge is 0.497 e. The van der Waals surface area contributed by atoms with Gasteiger partial charge in [0, 0.05) is 16.7 Å². The predicted molar refractivity (Wildman–Crippen MR) is 128 cm³/mol. The van der Waals surface area contributed by atoms with Crippen LogP contribution in [-0.4, -0.2) is 32.9 Å². The summed E-state index contributed by atoms with van der Waals surface area (Å²) in [6, 6.07) is 19.9. The molecule has 0 aliphatic carbocycles. The van der Waals surface area contributed by atoms with E-state index in [4.69, 9.17) is 24.3 Å². The average molecular weight is 430 g/mol. The van der Waals surface area contributed by atoms with Gasteiger partial charge in [-0.3, -0.25) is 5.43 Å². The molecule has 0 fully saturated rings. The predicted octanol–water partition coefficient (Wildman–Crippen LogP) is 5.27. The summed E-state index contributed by atoms with van der Waals surface area (Å²) in [4.78, 5) is 4.89. The summed E-state index contributed by atoms with van der Waals surface area (Å²) in [5, 5.41) is 4.74. The lowest BCUT2D eigenvalue weighted by molar-refractivity contribution is 0.355. The molecule has 1 heterocycles. The fourth-order valence-electron chi connectivity index (χ4n) is 3.60. The Labute approximate surface area is 188 Å². The first kappa shape index (κ1) is 21.4. The summed E-state index contributed by atoms with van der Waals surface area (Å²) in [6.07, 6.45) is 0. The molecule has 1 aliphatic heterocycles. The number of methoxy groups -OCH3 is 3. The summed E-state index contributed by atoms with van der Waals surface area (Å²) < 4.78 is 16.4. The minimum Gasteiger partial charge on any atom is -0.497 e. The second-order valence-corrected chi connectivity index (χ2v) is 7.76. The maximum Gasteiger partial charge on any atom is 0.161 e. The van der Waals surface area contributed by atoms with Crippen LogP contribution < -0.4 is 19.6 Å². The van der Waals surface area contributed by atoms with Gasteiger partial charge in [-0.2, -0.15) is 5.10 Å². The van der Waals surface area contributed by atoms with Crippen molar-refractivity contribution < 1.29 is 14.2 Å². The molecule has 0 radical (unpaired) electrons. The number of hydrogen-bond donors (Lipinski definition) is 1. The van der Waals surface area contributed by atoms with Crippen molar-refractivity contribution >= 4 is 17.2 Å². The molecule has 0 aromatic heterocycles. The number of hydrazone groups is 1. The molecule has 0 bridgehead atoms. The number of rotatable bonds is 6. The Morgan fingerprint density at radius 2 is 1.47 bits per heavy atom. The molecule has 164 valence electrons. The third kappa shape index (κ3) is 4.17. The number of hydrogen-bond acceptors (Lipinski definition) is 6. The van der Waals surface area contributed by atoms with E-state index >= 15 is 0 Å². The number of fused-ring (bicyclic) bond motifs is 1. The van der Waals surface area contributed by atoms with E-state index in [2.05, 4.69) is 43.5 Å². The van der Waals surface area contributed by atoms with E-state index in [1.807, 2.05) is 36.4 Å². The zero-order chi connectivity index (χ0) is 22.7. The highest BCUT2D eigenvalue weighted by Crippen LogP contribution is 2.33. The van der Waals surface area contributed by atoms with Crippen molar-refractivity contribution in [1.82, 2.24) is 5.43 Å². The molecular formula is C26H27N3O3. The van der Waals surface area contributed by atoms with Crippen LogP contribution in [0.5, 0.6) is 17.2 Å². The van der Waals surface area contributed by atoms with Gasteiger partial charge in [-0.25, -0.2) is 4.99 Å². The molecule has 6 nitrogen and oxygen atoms in total. The van der Waals surface area contributed by atoms with E-state index < -0.39 is 0 Å². The minimum atomic E-state index is 0.468. The summed E-state index contributed by atoms with van der Waals surface area (Å²) in [5.41, 5.74) is 8.68. The monoisotopic (exact) mass is 429 g/mol. The highest BCUT2D eigenvalue weighted by molar-refractivity contribution is 6.18. The van der Waals surface area contributed by atoms with E-state index in [1.165, 1.54) is 5.56 Å². The summed E-state index contributed by atoms with van der Waals surface area (Å²) in [5.74, 6) is 3.17. The highest BCUT2D eigenvalue weighted by atomic mass is 16.5. The Morgan fingerprint density at radius 3 is 2.12 bits per heavy atom. The van der Waals surface area contributed by atoms with E-state index in [1.54, 1.807) is 21.3 Å². The fraction of sp³-hybridized carbons (Fsp3) is 0.231. The van der Waals surface area contributed by atoms with Crippen LogP contribution in [0.3, 0.4) is 0 Å². The number of benzene rings is 3. The molecule has 3 aromatic carbocycles. The lowest BCUT2D eigenvalue weighted by atomic mass is 10.00. The Balaban J connectivity index is 1.82. The van der Waals surface area contributed by atoms with Crippen LogP contribution in [0.4, 0.5) is 5.69 Å². The second-order valence-electron chi connectivity index (χ2n) is 7.76. The maximum absolute atomic E-state index is 5.50. The molecule has 0 atom stereocenters. The van der Waals surface area contributed by atoms with Gasteiger partial charge in [0.25, 0.3) is 0 Å². The summed E-state index contributed by atoms with van der Waals surface area (Å²) >= 11 is 0. The zero-order valence-corrected chi connectivity index (χ0v) is 19.0. The van der Waals surface area contributed by atoms with E-state index in [0.29, 0.717) is 23.3 Å². The molecule has 0 amide bonds. The summed E-state index contributed by atoms with van der Waals surface area (Å²) in [7, 11) is 4.88. The molecule has 1 N–H and O–H groups in total. The minimum absolute atomic E-state index is 0.468. The van der Waals surface area contributed by atoms with E-state index in [0.717, 1.165) is 33.8 Å². The van der Waals surface area contributed by atoms with Crippen molar-refractivity contribution in [2.75, 3.05) is 21.3 Å². The average Bonchev–Trinajstić information content (AvgIpc) is 3.02. The van der Waals surface area contributed by atoms with Crippen LogP contribution in [0, 0.1) is 0 Å². The molecule has 1 aliphatic rings. The third-order valence-corrected chi connectivity index (χ3v) is 5.47. The van der Waals surface area contributed by atoms with Crippen LogP contribution in [0.15, 0.2) is 70.8 Å². The first-order valence-electron chi connectivity index (χ1n) is 10.5. The van der Waals surface area contributed by atoms with Crippen LogP contribution in [0.25, 0.3) is 0 Å². The van der Waals surface area contributed by atoms with E-state index in [9.17, 15) is 0 Å². The first-order chi connectivity index (χ1) is 15.5. The van der Waals surface area contributed by atoms with Gasteiger partial charge < -0.3 is 14.2 Å². The van der Waals surface area contributed by atoms with Gasteiger partial charge in [-0.15, -0.1) is 0 Å². The normalized spacial score (nSPS) is 12.8. The fourth-order valence-corrected chi connectivity index (χ4v) is 3.60. The molecule has 0 saturated carbocycles. The molecule has 0 unspecified atom stereocenters. The number of aliphatic imine (C=N–C) groups is 1. The Bertz CT molecular complexity index is 1180. The van der Waals surface area contributed by atoms with E-state index in [-0.39, 0.29) is 0 Å². The molecule has 0 saturated heterocycles. The first-order valence-corrected chi connectivity index (χ1v) is 10.5. The van der Waals surface area contributed by atoms with Crippen LogP contribution in [0.2, 0.25) is 0 Å². The number of nitrogens with one attached hydrogen (secondary N) is 1. The van der Waals surface area contributed by atoms with Crippen molar-refractivity contribution in [1.29, 1.82) is 0 Å².